The highest BCUT2D eigenvalue weighted by Crippen LogP contribution is 2.48. The lowest BCUT2D eigenvalue weighted by atomic mass is 10.2. The van der Waals surface area contributed by atoms with Crippen LogP contribution in [0.15, 0.2) is 84.2 Å². The first-order valence-corrected chi connectivity index (χ1v) is 9.32. The van der Waals surface area contributed by atoms with Crippen LogP contribution in [0.3, 0.4) is 0 Å². The number of ether oxygens (including phenoxy) is 2. The minimum atomic E-state index is 0.563. The molecule has 1 aromatic heterocycles. The summed E-state index contributed by atoms with van der Waals surface area (Å²) in [6.07, 6.45) is 0. The fourth-order valence-electron chi connectivity index (χ4n) is 2.66. The molecule has 0 amide bonds. The maximum Gasteiger partial charge on any atom is 0.188 e. The normalized spacial score (nSPS) is 10.5. The molecule has 4 N–H and O–H groups in total. The fraction of sp³-hybridized carbons (Fsp3) is 0. The van der Waals surface area contributed by atoms with Crippen molar-refractivity contribution < 1.29 is 9.47 Å². The first-order valence-electron chi connectivity index (χ1n) is 8.44. The lowest BCUT2D eigenvalue weighted by Gasteiger charge is -2.13. The molecule has 4 nitrogen and oxygen atoms in total. The summed E-state index contributed by atoms with van der Waals surface area (Å²) < 4.78 is 12.3. The third kappa shape index (κ3) is 3.59. The summed E-state index contributed by atoms with van der Waals surface area (Å²) >= 11 is 1.55. The Kier molecular flexibility index (Phi) is 4.68. The molecule has 1 heterocycles. The summed E-state index contributed by atoms with van der Waals surface area (Å²) in [6.45, 7) is 0. The molecule has 5 heteroatoms. The standard InChI is InChI=1S/C22H18N2O2S/c23-16-10-4-6-12-18(16)25-20-14-27-22(15-8-2-1-3-9-15)21(20)26-19-13-7-5-11-17(19)24/h1-14H,23-24H2. The van der Waals surface area contributed by atoms with Crippen molar-refractivity contribution in [2.45, 2.75) is 0 Å². The van der Waals surface area contributed by atoms with Crippen molar-refractivity contribution in [3.63, 3.8) is 0 Å². The van der Waals surface area contributed by atoms with Gasteiger partial charge in [0.2, 0.25) is 0 Å². The Morgan fingerprint density at radius 2 is 1.15 bits per heavy atom. The molecule has 134 valence electrons. The molecule has 0 saturated heterocycles. The fourth-order valence-corrected chi connectivity index (χ4v) is 3.56. The molecule has 4 rings (SSSR count). The van der Waals surface area contributed by atoms with Gasteiger partial charge in [0.1, 0.15) is 0 Å². The van der Waals surface area contributed by atoms with Crippen molar-refractivity contribution in [2.24, 2.45) is 0 Å². The number of hydrogen-bond acceptors (Lipinski definition) is 5. The molecular formula is C22H18N2O2S. The van der Waals surface area contributed by atoms with Crippen molar-refractivity contribution in [2.75, 3.05) is 11.5 Å². The van der Waals surface area contributed by atoms with E-state index in [-0.39, 0.29) is 0 Å². The largest absolute Gasteiger partial charge is 0.450 e. The Balaban J connectivity index is 1.78. The molecule has 4 aromatic rings. The maximum atomic E-state index is 6.20. The molecule has 0 saturated carbocycles. The second-order valence-electron chi connectivity index (χ2n) is 5.90. The summed E-state index contributed by atoms with van der Waals surface area (Å²) in [7, 11) is 0. The summed E-state index contributed by atoms with van der Waals surface area (Å²) in [4.78, 5) is 0.961. The number of thiophene rings is 1. The monoisotopic (exact) mass is 374 g/mol. The van der Waals surface area contributed by atoms with Crippen molar-refractivity contribution in [1.29, 1.82) is 0 Å². The van der Waals surface area contributed by atoms with Gasteiger partial charge in [-0.15, -0.1) is 11.3 Å². The molecule has 3 aromatic carbocycles. The smallest absolute Gasteiger partial charge is 0.188 e. The first-order chi connectivity index (χ1) is 13.2. The van der Waals surface area contributed by atoms with Gasteiger partial charge in [0.15, 0.2) is 23.0 Å². The van der Waals surface area contributed by atoms with Crippen molar-refractivity contribution in [3.8, 4) is 33.4 Å². The molecule has 0 aliphatic rings. The zero-order valence-corrected chi connectivity index (χ0v) is 15.3. The lowest BCUT2D eigenvalue weighted by molar-refractivity contribution is 0.425. The molecule has 0 unspecified atom stereocenters. The Morgan fingerprint density at radius 1 is 0.593 bits per heavy atom. The highest BCUT2D eigenvalue weighted by Gasteiger charge is 2.19. The molecule has 27 heavy (non-hydrogen) atoms. The van der Waals surface area contributed by atoms with E-state index in [2.05, 4.69) is 0 Å². The number of hydrogen-bond donors (Lipinski definition) is 2. The Labute approximate surface area is 161 Å². The molecule has 0 fully saturated rings. The van der Waals surface area contributed by atoms with Gasteiger partial charge in [0.25, 0.3) is 0 Å². The van der Waals surface area contributed by atoms with E-state index >= 15 is 0 Å². The van der Waals surface area contributed by atoms with E-state index in [1.54, 1.807) is 23.5 Å². The van der Waals surface area contributed by atoms with Crippen LogP contribution < -0.4 is 20.9 Å². The minimum absolute atomic E-state index is 0.563. The van der Waals surface area contributed by atoms with E-state index in [0.29, 0.717) is 34.4 Å². The van der Waals surface area contributed by atoms with Gasteiger partial charge >= 0.3 is 0 Å². The van der Waals surface area contributed by atoms with E-state index in [4.69, 9.17) is 20.9 Å². The molecule has 0 aliphatic heterocycles. The van der Waals surface area contributed by atoms with Gasteiger partial charge in [-0.25, -0.2) is 0 Å². The average molecular weight is 374 g/mol. The van der Waals surface area contributed by atoms with Gasteiger partial charge in [0, 0.05) is 5.38 Å². The predicted octanol–water partition coefficient (Wildman–Crippen LogP) is 6.16. The molecule has 0 atom stereocenters. The number of nitrogen functional groups attached to an aromatic ring is 2. The van der Waals surface area contributed by atoms with Crippen LogP contribution in [-0.2, 0) is 0 Å². The molecule has 0 bridgehead atoms. The van der Waals surface area contributed by atoms with E-state index in [1.165, 1.54) is 0 Å². The van der Waals surface area contributed by atoms with E-state index < -0.39 is 0 Å². The van der Waals surface area contributed by atoms with Crippen LogP contribution in [0.1, 0.15) is 0 Å². The van der Waals surface area contributed by atoms with Crippen molar-refractivity contribution >= 4 is 22.7 Å². The van der Waals surface area contributed by atoms with Crippen LogP contribution in [0.25, 0.3) is 10.4 Å². The van der Waals surface area contributed by atoms with Crippen molar-refractivity contribution in [3.05, 3.63) is 84.2 Å². The lowest BCUT2D eigenvalue weighted by Crippen LogP contribution is -1.95. The van der Waals surface area contributed by atoms with Gasteiger partial charge in [-0.1, -0.05) is 54.6 Å². The molecule has 0 spiro atoms. The number of anilines is 2. The van der Waals surface area contributed by atoms with E-state index in [1.807, 2.05) is 72.1 Å². The molecular weight excluding hydrogens is 356 g/mol. The molecule has 0 radical (unpaired) electrons. The quantitative estimate of drug-likeness (QED) is 0.410. The second-order valence-corrected chi connectivity index (χ2v) is 6.78. The van der Waals surface area contributed by atoms with Gasteiger partial charge < -0.3 is 20.9 Å². The third-order valence-electron chi connectivity index (χ3n) is 4.02. The van der Waals surface area contributed by atoms with Gasteiger partial charge in [-0.3, -0.25) is 0 Å². The van der Waals surface area contributed by atoms with Crippen LogP contribution in [0.5, 0.6) is 23.0 Å². The Hall–Kier alpha value is -3.44. The maximum absolute atomic E-state index is 6.20. The second kappa shape index (κ2) is 7.43. The summed E-state index contributed by atoms with van der Waals surface area (Å²) in [5, 5.41) is 1.92. The average Bonchev–Trinajstić information content (AvgIpc) is 3.08. The predicted molar refractivity (Wildman–Crippen MR) is 112 cm³/mol. The molecule has 0 aliphatic carbocycles. The summed E-state index contributed by atoms with van der Waals surface area (Å²) in [5.41, 5.74) is 14.3. The highest BCUT2D eigenvalue weighted by atomic mass is 32.1. The zero-order chi connectivity index (χ0) is 18.6. The minimum Gasteiger partial charge on any atom is -0.450 e. The van der Waals surface area contributed by atoms with Crippen LogP contribution >= 0.6 is 11.3 Å². The number of benzene rings is 3. The summed E-state index contributed by atoms with van der Waals surface area (Å²) in [6, 6.07) is 24.8. The van der Waals surface area contributed by atoms with E-state index in [0.717, 1.165) is 10.4 Å². The third-order valence-corrected chi connectivity index (χ3v) is 5.01. The van der Waals surface area contributed by atoms with Crippen molar-refractivity contribution in [1.82, 2.24) is 0 Å². The van der Waals surface area contributed by atoms with Gasteiger partial charge in [0.05, 0.1) is 16.3 Å². The van der Waals surface area contributed by atoms with Crippen LogP contribution in [-0.4, -0.2) is 0 Å². The first kappa shape index (κ1) is 17.0. The van der Waals surface area contributed by atoms with E-state index in [9.17, 15) is 0 Å². The van der Waals surface area contributed by atoms with Gasteiger partial charge in [-0.2, -0.15) is 0 Å². The van der Waals surface area contributed by atoms with Crippen LogP contribution in [0, 0.1) is 0 Å². The topological polar surface area (TPSA) is 70.5 Å². The Morgan fingerprint density at radius 3 is 1.78 bits per heavy atom. The SMILES string of the molecule is Nc1ccccc1Oc1csc(-c2ccccc2)c1Oc1ccccc1N. The zero-order valence-electron chi connectivity index (χ0n) is 14.5. The Bertz CT molecular complexity index is 1060. The number of para-hydroxylation sites is 4. The van der Waals surface area contributed by atoms with Crippen LogP contribution in [0.4, 0.5) is 11.4 Å². The number of nitrogens with two attached hydrogens (primary N) is 2. The van der Waals surface area contributed by atoms with Gasteiger partial charge in [-0.05, 0) is 29.8 Å². The van der Waals surface area contributed by atoms with Crippen LogP contribution in [0.2, 0.25) is 0 Å². The number of rotatable bonds is 5. The highest BCUT2D eigenvalue weighted by molar-refractivity contribution is 7.14. The summed E-state index contributed by atoms with van der Waals surface area (Å²) in [5.74, 6) is 2.38.